The van der Waals surface area contributed by atoms with E-state index in [-0.39, 0.29) is 17.3 Å². The Labute approximate surface area is 148 Å². The van der Waals surface area contributed by atoms with Crippen molar-refractivity contribution in [1.29, 1.82) is 0 Å². The first-order valence-electron chi connectivity index (χ1n) is 8.14. The van der Waals surface area contributed by atoms with Crippen LogP contribution in [0.15, 0.2) is 60.7 Å². The summed E-state index contributed by atoms with van der Waals surface area (Å²) in [4.78, 5) is 0. The molecule has 0 aliphatic carbocycles. The number of hydrogen-bond acceptors (Lipinski definition) is 2. The number of rotatable bonds is 3. The number of aryl methyl sites for hydroxylation is 1. The van der Waals surface area contributed by atoms with Gasteiger partial charge in [-0.15, -0.1) is 8.78 Å². The Morgan fingerprint density at radius 3 is 2.38 bits per heavy atom. The molecular formula is C21H15F3O2. The van der Waals surface area contributed by atoms with Crippen molar-refractivity contribution < 1.29 is 22.6 Å². The summed E-state index contributed by atoms with van der Waals surface area (Å²) >= 11 is 0. The predicted molar refractivity (Wildman–Crippen MR) is 92.0 cm³/mol. The van der Waals surface area contributed by atoms with Crippen molar-refractivity contribution in [3.8, 4) is 22.6 Å². The Kier molecular flexibility index (Phi) is 3.87. The SMILES string of the molecule is Cc1cccc(-c2cc(Cc3ccc(F)cc3)cc3c2OC(F)(F)O3)c1. The molecule has 5 heteroatoms. The lowest BCUT2D eigenvalue weighted by atomic mass is 9.97. The van der Waals surface area contributed by atoms with Crippen LogP contribution in [-0.4, -0.2) is 6.29 Å². The summed E-state index contributed by atoms with van der Waals surface area (Å²) in [5.41, 5.74) is 3.95. The largest absolute Gasteiger partial charge is 0.586 e. The molecule has 0 saturated heterocycles. The number of ether oxygens (including phenoxy) is 2. The summed E-state index contributed by atoms with van der Waals surface area (Å²) in [6.07, 6.45) is -3.23. The minimum atomic E-state index is -3.69. The molecule has 0 unspecified atom stereocenters. The molecule has 132 valence electrons. The molecule has 4 rings (SSSR count). The van der Waals surface area contributed by atoms with Crippen molar-refractivity contribution in [3.63, 3.8) is 0 Å². The highest BCUT2D eigenvalue weighted by molar-refractivity contribution is 5.76. The topological polar surface area (TPSA) is 18.5 Å². The van der Waals surface area contributed by atoms with E-state index < -0.39 is 6.29 Å². The zero-order chi connectivity index (χ0) is 18.3. The van der Waals surface area contributed by atoms with E-state index in [1.165, 1.54) is 12.1 Å². The first-order valence-corrected chi connectivity index (χ1v) is 8.14. The fourth-order valence-electron chi connectivity index (χ4n) is 3.08. The van der Waals surface area contributed by atoms with Gasteiger partial charge in [-0.25, -0.2) is 4.39 Å². The van der Waals surface area contributed by atoms with Crippen molar-refractivity contribution >= 4 is 0 Å². The molecule has 2 nitrogen and oxygen atoms in total. The van der Waals surface area contributed by atoms with E-state index in [4.69, 9.17) is 4.74 Å². The molecule has 0 radical (unpaired) electrons. The van der Waals surface area contributed by atoms with E-state index in [2.05, 4.69) is 4.74 Å². The predicted octanol–water partition coefficient (Wildman–Crippen LogP) is 5.71. The molecular weight excluding hydrogens is 341 g/mol. The molecule has 3 aromatic carbocycles. The first-order chi connectivity index (χ1) is 12.4. The maximum Gasteiger partial charge on any atom is 0.586 e. The molecule has 1 heterocycles. The Hall–Kier alpha value is -2.95. The smallest absolute Gasteiger partial charge is 0.395 e. The highest BCUT2D eigenvalue weighted by atomic mass is 19.3. The van der Waals surface area contributed by atoms with Crippen molar-refractivity contribution in [2.24, 2.45) is 0 Å². The molecule has 0 amide bonds. The molecule has 0 spiro atoms. The van der Waals surface area contributed by atoms with Crippen molar-refractivity contribution in [1.82, 2.24) is 0 Å². The van der Waals surface area contributed by atoms with Crippen LogP contribution < -0.4 is 9.47 Å². The van der Waals surface area contributed by atoms with Crippen molar-refractivity contribution in [2.45, 2.75) is 19.6 Å². The van der Waals surface area contributed by atoms with Crippen LogP contribution in [0.25, 0.3) is 11.1 Å². The lowest BCUT2D eigenvalue weighted by Crippen LogP contribution is -2.26. The quantitative estimate of drug-likeness (QED) is 0.598. The molecule has 3 aromatic rings. The van der Waals surface area contributed by atoms with Crippen LogP contribution in [0, 0.1) is 12.7 Å². The third-order valence-electron chi connectivity index (χ3n) is 4.21. The van der Waals surface area contributed by atoms with Gasteiger partial charge in [0.15, 0.2) is 11.5 Å². The van der Waals surface area contributed by atoms with Crippen LogP contribution >= 0.6 is 0 Å². The molecule has 0 N–H and O–H groups in total. The molecule has 0 aromatic heterocycles. The summed E-state index contributed by atoms with van der Waals surface area (Å²) in [5, 5.41) is 0. The van der Waals surface area contributed by atoms with Crippen LogP contribution in [0.4, 0.5) is 13.2 Å². The summed E-state index contributed by atoms with van der Waals surface area (Å²) in [7, 11) is 0. The van der Waals surface area contributed by atoms with Crippen LogP contribution in [0.1, 0.15) is 16.7 Å². The van der Waals surface area contributed by atoms with Gasteiger partial charge in [-0.3, -0.25) is 0 Å². The summed E-state index contributed by atoms with van der Waals surface area (Å²) < 4.78 is 49.8. The number of hydrogen-bond donors (Lipinski definition) is 0. The zero-order valence-electron chi connectivity index (χ0n) is 13.9. The number of benzene rings is 3. The van der Waals surface area contributed by atoms with Crippen LogP contribution in [0.3, 0.4) is 0 Å². The third-order valence-corrected chi connectivity index (χ3v) is 4.21. The van der Waals surface area contributed by atoms with E-state index >= 15 is 0 Å². The summed E-state index contributed by atoms with van der Waals surface area (Å²) in [5.74, 6) is -0.283. The molecule has 1 aliphatic rings. The normalized spacial score (nSPS) is 14.5. The molecule has 0 atom stereocenters. The highest BCUT2D eigenvalue weighted by Gasteiger charge is 2.44. The maximum absolute atomic E-state index is 13.6. The van der Waals surface area contributed by atoms with Gasteiger partial charge in [0, 0.05) is 5.56 Å². The second kappa shape index (κ2) is 6.09. The Morgan fingerprint density at radius 2 is 1.65 bits per heavy atom. The fourth-order valence-corrected chi connectivity index (χ4v) is 3.08. The van der Waals surface area contributed by atoms with Gasteiger partial charge in [-0.05, 0) is 54.3 Å². The van der Waals surface area contributed by atoms with Crippen LogP contribution in [0.2, 0.25) is 0 Å². The molecule has 0 fully saturated rings. The van der Waals surface area contributed by atoms with E-state index in [1.54, 1.807) is 18.2 Å². The van der Waals surface area contributed by atoms with Gasteiger partial charge in [0.25, 0.3) is 0 Å². The van der Waals surface area contributed by atoms with E-state index in [0.717, 1.165) is 22.3 Å². The minimum absolute atomic E-state index is 0.00566. The average molecular weight is 356 g/mol. The van der Waals surface area contributed by atoms with Gasteiger partial charge >= 0.3 is 6.29 Å². The Balaban J connectivity index is 1.80. The van der Waals surface area contributed by atoms with Gasteiger partial charge in [0.2, 0.25) is 0 Å². The summed E-state index contributed by atoms with van der Waals surface area (Å²) in [6.45, 7) is 1.93. The lowest BCUT2D eigenvalue weighted by Gasteiger charge is -2.10. The second-order valence-corrected chi connectivity index (χ2v) is 6.31. The Morgan fingerprint density at radius 1 is 0.885 bits per heavy atom. The third kappa shape index (κ3) is 3.25. The van der Waals surface area contributed by atoms with E-state index in [1.807, 2.05) is 37.3 Å². The standard InChI is InChI=1S/C21H15F3O2/c1-13-3-2-4-16(9-13)18-11-15(10-14-5-7-17(22)8-6-14)12-19-20(18)26-21(23,24)25-19/h2-9,11-12H,10H2,1H3. The first kappa shape index (κ1) is 16.5. The molecule has 0 bridgehead atoms. The number of alkyl halides is 2. The lowest BCUT2D eigenvalue weighted by molar-refractivity contribution is -0.286. The van der Waals surface area contributed by atoms with Crippen molar-refractivity contribution in [3.05, 3.63) is 83.2 Å². The highest BCUT2D eigenvalue weighted by Crippen LogP contribution is 2.48. The van der Waals surface area contributed by atoms with Gasteiger partial charge in [0.05, 0.1) is 0 Å². The molecule has 1 aliphatic heterocycles. The second-order valence-electron chi connectivity index (χ2n) is 6.31. The monoisotopic (exact) mass is 356 g/mol. The van der Waals surface area contributed by atoms with Gasteiger partial charge in [-0.2, -0.15) is 0 Å². The van der Waals surface area contributed by atoms with E-state index in [0.29, 0.717) is 12.0 Å². The zero-order valence-corrected chi connectivity index (χ0v) is 13.9. The van der Waals surface area contributed by atoms with Crippen LogP contribution in [0.5, 0.6) is 11.5 Å². The maximum atomic E-state index is 13.6. The molecule has 0 saturated carbocycles. The van der Waals surface area contributed by atoms with Gasteiger partial charge in [-0.1, -0.05) is 42.0 Å². The number of fused-ring (bicyclic) bond motifs is 1. The van der Waals surface area contributed by atoms with Gasteiger partial charge in [0.1, 0.15) is 5.82 Å². The Bertz CT molecular complexity index is 965. The summed E-state index contributed by atoms with van der Waals surface area (Å²) in [6, 6.07) is 17.0. The minimum Gasteiger partial charge on any atom is -0.395 e. The van der Waals surface area contributed by atoms with Crippen LogP contribution in [-0.2, 0) is 6.42 Å². The average Bonchev–Trinajstić information content (AvgIpc) is 2.90. The van der Waals surface area contributed by atoms with Crippen molar-refractivity contribution in [2.75, 3.05) is 0 Å². The molecule has 26 heavy (non-hydrogen) atoms. The fraction of sp³-hybridized carbons (Fsp3) is 0.143. The van der Waals surface area contributed by atoms with Gasteiger partial charge < -0.3 is 9.47 Å². The number of halogens is 3. The van der Waals surface area contributed by atoms with E-state index in [9.17, 15) is 13.2 Å².